The molecule has 1 aromatic heterocycles. The molecule has 0 saturated heterocycles. The molecule has 0 spiro atoms. The van der Waals surface area contributed by atoms with Gasteiger partial charge in [0.1, 0.15) is 5.82 Å². The van der Waals surface area contributed by atoms with Gasteiger partial charge in [0, 0.05) is 18.5 Å². The van der Waals surface area contributed by atoms with Gasteiger partial charge in [0.2, 0.25) is 0 Å². The van der Waals surface area contributed by atoms with E-state index in [1.165, 1.54) is 21.3 Å². The fraction of sp³-hybridized carbons (Fsp3) is 0.192. The summed E-state index contributed by atoms with van der Waals surface area (Å²) in [6.45, 7) is 2.07. The molecule has 162 valence electrons. The Morgan fingerprint density at radius 3 is 2.25 bits per heavy atom. The molecule has 1 heterocycles. The number of Topliss-reactive ketones (excluding diaryl/α,β-unsaturated/α-hetero) is 1. The van der Waals surface area contributed by atoms with Crippen LogP contribution in [-0.2, 0) is 19.5 Å². The van der Waals surface area contributed by atoms with Crippen molar-refractivity contribution in [3.05, 3.63) is 116 Å². The lowest BCUT2D eigenvalue weighted by Crippen LogP contribution is -2.41. The number of nitrogens with zero attached hydrogens (tertiary/aromatic N) is 2. The standard InChI is InChI=1S/C26H23FN2O3/c1-2-23(30)20-13-11-19(12-14-20)17-29-24-21(9-6-10-22(24)27)25(31)28(26(29)32)16-15-18-7-4-3-5-8-18/h3-14H,2,15-17H2,1H3. The average molecular weight is 430 g/mol. The molecule has 5 nitrogen and oxygen atoms in total. The van der Waals surface area contributed by atoms with Gasteiger partial charge in [-0.05, 0) is 29.7 Å². The Labute approximate surface area is 184 Å². The lowest BCUT2D eigenvalue weighted by atomic mass is 10.1. The molecule has 0 fully saturated rings. The van der Waals surface area contributed by atoms with Gasteiger partial charge < -0.3 is 0 Å². The second-order valence-electron chi connectivity index (χ2n) is 7.67. The summed E-state index contributed by atoms with van der Waals surface area (Å²) in [6.07, 6.45) is 0.908. The fourth-order valence-electron chi connectivity index (χ4n) is 3.85. The van der Waals surface area contributed by atoms with Crippen LogP contribution in [0.25, 0.3) is 10.9 Å². The number of halogens is 1. The number of aryl methyl sites for hydroxylation is 1. The number of hydrogen-bond donors (Lipinski definition) is 0. The van der Waals surface area contributed by atoms with E-state index in [2.05, 4.69) is 0 Å². The summed E-state index contributed by atoms with van der Waals surface area (Å²) in [7, 11) is 0. The second-order valence-corrected chi connectivity index (χ2v) is 7.67. The summed E-state index contributed by atoms with van der Waals surface area (Å²) in [5.41, 5.74) is 1.26. The molecule has 0 radical (unpaired) electrons. The smallest absolute Gasteiger partial charge is 0.294 e. The predicted molar refractivity (Wildman–Crippen MR) is 123 cm³/mol. The number of rotatable bonds is 7. The summed E-state index contributed by atoms with van der Waals surface area (Å²) in [5, 5.41) is 0.162. The second kappa shape index (κ2) is 9.14. The van der Waals surface area contributed by atoms with Crippen LogP contribution in [0.15, 0.2) is 82.4 Å². The van der Waals surface area contributed by atoms with E-state index in [4.69, 9.17) is 0 Å². The van der Waals surface area contributed by atoms with Crippen LogP contribution < -0.4 is 11.2 Å². The molecule has 0 aliphatic heterocycles. The minimum atomic E-state index is -0.621. The number of aromatic nitrogens is 2. The highest BCUT2D eigenvalue weighted by molar-refractivity contribution is 5.95. The maximum absolute atomic E-state index is 14.8. The SMILES string of the molecule is CCC(=O)c1ccc(Cn2c(=O)n(CCc3ccccc3)c(=O)c3cccc(F)c32)cc1. The zero-order valence-electron chi connectivity index (χ0n) is 17.8. The third-order valence-electron chi connectivity index (χ3n) is 5.60. The molecule has 32 heavy (non-hydrogen) atoms. The molecule has 4 aromatic rings. The molecule has 3 aromatic carbocycles. The first-order valence-corrected chi connectivity index (χ1v) is 10.6. The van der Waals surface area contributed by atoms with Crippen LogP contribution in [0.2, 0.25) is 0 Å². The zero-order valence-corrected chi connectivity index (χ0v) is 17.8. The van der Waals surface area contributed by atoms with Gasteiger partial charge in [-0.1, -0.05) is 67.6 Å². The number of hydrogen-bond acceptors (Lipinski definition) is 3. The lowest BCUT2D eigenvalue weighted by Gasteiger charge is -2.15. The molecule has 6 heteroatoms. The Kier molecular flexibility index (Phi) is 6.12. The third kappa shape index (κ3) is 4.17. The summed E-state index contributed by atoms with van der Waals surface area (Å²) in [4.78, 5) is 38.2. The summed E-state index contributed by atoms with van der Waals surface area (Å²) < 4.78 is 17.2. The number of carbonyl (C=O) groups excluding carboxylic acids is 1. The Hall–Kier alpha value is -3.80. The minimum Gasteiger partial charge on any atom is -0.294 e. The van der Waals surface area contributed by atoms with E-state index in [1.54, 1.807) is 37.3 Å². The van der Waals surface area contributed by atoms with Gasteiger partial charge >= 0.3 is 5.69 Å². The van der Waals surface area contributed by atoms with Gasteiger partial charge in [-0.2, -0.15) is 0 Å². The molecule has 0 bridgehead atoms. The van der Waals surface area contributed by atoms with Crippen LogP contribution in [0.4, 0.5) is 4.39 Å². The number of para-hydroxylation sites is 1. The van der Waals surface area contributed by atoms with E-state index in [9.17, 15) is 18.8 Å². The van der Waals surface area contributed by atoms with Crippen molar-refractivity contribution < 1.29 is 9.18 Å². The number of fused-ring (bicyclic) bond motifs is 1. The van der Waals surface area contributed by atoms with Crippen molar-refractivity contribution in [2.75, 3.05) is 0 Å². The van der Waals surface area contributed by atoms with Crippen LogP contribution in [0.3, 0.4) is 0 Å². The topological polar surface area (TPSA) is 61.1 Å². The van der Waals surface area contributed by atoms with Crippen LogP contribution in [0, 0.1) is 5.82 Å². The van der Waals surface area contributed by atoms with E-state index < -0.39 is 17.1 Å². The molecule has 0 N–H and O–H groups in total. The Bertz CT molecular complexity index is 1390. The van der Waals surface area contributed by atoms with Crippen LogP contribution in [-0.4, -0.2) is 14.9 Å². The first-order chi connectivity index (χ1) is 15.5. The molecule has 0 aliphatic rings. The van der Waals surface area contributed by atoms with Gasteiger partial charge in [0.05, 0.1) is 17.4 Å². The first-order valence-electron chi connectivity index (χ1n) is 10.6. The maximum atomic E-state index is 14.8. The van der Waals surface area contributed by atoms with Crippen molar-refractivity contribution in [2.45, 2.75) is 32.9 Å². The van der Waals surface area contributed by atoms with Gasteiger partial charge in [0.25, 0.3) is 5.56 Å². The zero-order chi connectivity index (χ0) is 22.7. The molecule has 0 amide bonds. The Morgan fingerprint density at radius 1 is 0.844 bits per heavy atom. The van der Waals surface area contributed by atoms with Crippen LogP contribution in [0.1, 0.15) is 34.8 Å². The number of benzene rings is 3. The van der Waals surface area contributed by atoms with Crippen LogP contribution >= 0.6 is 0 Å². The van der Waals surface area contributed by atoms with Crippen molar-refractivity contribution in [3.8, 4) is 0 Å². The maximum Gasteiger partial charge on any atom is 0.331 e. The monoisotopic (exact) mass is 430 g/mol. The number of ketones is 1. The molecule has 0 atom stereocenters. The van der Waals surface area contributed by atoms with Crippen molar-refractivity contribution in [1.82, 2.24) is 9.13 Å². The Balaban J connectivity index is 1.79. The highest BCUT2D eigenvalue weighted by Crippen LogP contribution is 2.16. The molecular weight excluding hydrogens is 407 g/mol. The van der Waals surface area contributed by atoms with E-state index in [0.29, 0.717) is 18.4 Å². The van der Waals surface area contributed by atoms with E-state index in [1.807, 2.05) is 30.3 Å². The average Bonchev–Trinajstić information content (AvgIpc) is 2.82. The number of carbonyl (C=O) groups is 1. The van der Waals surface area contributed by atoms with Gasteiger partial charge in [-0.3, -0.25) is 18.7 Å². The van der Waals surface area contributed by atoms with Crippen molar-refractivity contribution in [1.29, 1.82) is 0 Å². The summed E-state index contributed by atoms with van der Waals surface area (Å²) >= 11 is 0. The normalized spacial score (nSPS) is 11.1. The van der Waals surface area contributed by atoms with Gasteiger partial charge in [-0.15, -0.1) is 0 Å². The molecular formula is C26H23FN2O3. The fourth-order valence-corrected chi connectivity index (χ4v) is 3.85. The molecule has 0 saturated carbocycles. The third-order valence-corrected chi connectivity index (χ3v) is 5.60. The quantitative estimate of drug-likeness (QED) is 0.413. The van der Waals surface area contributed by atoms with Gasteiger partial charge in [-0.25, -0.2) is 9.18 Å². The van der Waals surface area contributed by atoms with Crippen LogP contribution in [0.5, 0.6) is 0 Å². The summed E-state index contributed by atoms with van der Waals surface area (Å²) in [5.74, 6) is -0.593. The first kappa shape index (κ1) is 21.4. The van der Waals surface area contributed by atoms with Crippen molar-refractivity contribution in [3.63, 3.8) is 0 Å². The largest absolute Gasteiger partial charge is 0.331 e. The van der Waals surface area contributed by atoms with E-state index in [-0.39, 0.29) is 29.8 Å². The van der Waals surface area contributed by atoms with E-state index in [0.717, 1.165) is 11.1 Å². The van der Waals surface area contributed by atoms with Crippen molar-refractivity contribution >= 4 is 16.7 Å². The molecule has 0 aliphatic carbocycles. The van der Waals surface area contributed by atoms with Crippen molar-refractivity contribution in [2.24, 2.45) is 0 Å². The minimum absolute atomic E-state index is 0.00725. The summed E-state index contributed by atoms with van der Waals surface area (Å²) in [6, 6.07) is 20.7. The van der Waals surface area contributed by atoms with Gasteiger partial charge in [0.15, 0.2) is 5.78 Å². The highest BCUT2D eigenvalue weighted by atomic mass is 19.1. The lowest BCUT2D eigenvalue weighted by molar-refractivity contribution is 0.0988. The Morgan fingerprint density at radius 2 is 1.56 bits per heavy atom. The predicted octanol–water partition coefficient (Wildman–Crippen LogP) is 4.19. The highest BCUT2D eigenvalue weighted by Gasteiger charge is 2.16. The molecule has 4 rings (SSSR count). The van der Waals surface area contributed by atoms with E-state index >= 15 is 0 Å². The molecule has 0 unspecified atom stereocenters.